The highest BCUT2D eigenvalue weighted by Gasteiger charge is 2.24. The van der Waals surface area contributed by atoms with Gasteiger partial charge < -0.3 is 15.0 Å². The van der Waals surface area contributed by atoms with Crippen molar-refractivity contribution in [3.8, 4) is 5.75 Å². The summed E-state index contributed by atoms with van der Waals surface area (Å²) in [4.78, 5) is 15.9. The summed E-state index contributed by atoms with van der Waals surface area (Å²) in [5.74, 6) is 2.80. The highest BCUT2D eigenvalue weighted by molar-refractivity contribution is 7.99. The standard InChI is InChI=1S/C23H28N2O2S/c1-17-5-4-6-19(13-17)23(26)25-11-9-18(10-12-25)14-24-15-20-16-28-22-8-3-2-7-21(22)27-20/h2-8,13,18,20,24H,9-12,14-16H2,1H3. The second kappa shape index (κ2) is 9.01. The lowest BCUT2D eigenvalue weighted by molar-refractivity contribution is 0.0689. The molecule has 0 aliphatic carbocycles. The fourth-order valence-corrected chi connectivity index (χ4v) is 4.90. The maximum Gasteiger partial charge on any atom is 0.253 e. The van der Waals surface area contributed by atoms with E-state index >= 15 is 0 Å². The van der Waals surface area contributed by atoms with E-state index in [2.05, 4.69) is 23.5 Å². The Morgan fingerprint density at radius 3 is 2.79 bits per heavy atom. The Morgan fingerprint density at radius 1 is 1.14 bits per heavy atom. The molecular weight excluding hydrogens is 368 g/mol. The van der Waals surface area contributed by atoms with Gasteiger partial charge in [0.25, 0.3) is 5.91 Å². The van der Waals surface area contributed by atoms with Crippen LogP contribution in [0.5, 0.6) is 5.75 Å². The molecular formula is C23H28N2O2S. The van der Waals surface area contributed by atoms with Crippen molar-refractivity contribution in [1.82, 2.24) is 10.2 Å². The molecule has 0 aromatic heterocycles. The van der Waals surface area contributed by atoms with E-state index in [-0.39, 0.29) is 12.0 Å². The number of aryl methyl sites for hydroxylation is 1. The first-order valence-corrected chi connectivity index (χ1v) is 11.1. The smallest absolute Gasteiger partial charge is 0.253 e. The van der Waals surface area contributed by atoms with Crippen LogP contribution in [-0.4, -0.2) is 48.8 Å². The van der Waals surface area contributed by atoms with Crippen LogP contribution in [0, 0.1) is 12.8 Å². The minimum Gasteiger partial charge on any atom is -0.487 e. The number of hydrogen-bond acceptors (Lipinski definition) is 4. The zero-order valence-corrected chi connectivity index (χ0v) is 17.2. The van der Waals surface area contributed by atoms with Gasteiger partial charge in [-0.2, -0.15) is 0 Å². The molecule has 1 unspecified atom stereocenters. The van der Waals surface area contributed by atoms with Crippen LogP contribution in [0.1, 0.15) is 28.8 Å². The zero-order chi connectivity index (χ0) is 19.3. The summed E-state index contributed by atoms with van der Waals surface area (Å²) in [5, 5.41) is 3.60. The minimum atomic E-state index is 0.168. The average Bonchev–Trinajstić information content (AvgIpc) is 2.74. The molecule has 28 heavy (non-hydrogen) atoms. The molecule has 2 aromatic carbocycles. The van der Waals surface area contributed by atoms with E-state index in [9.17, 15) is 4.79 Å². The van der Waals surface area contributed by atoms with Gasteiger partial charge in [0.2, 0.25) is 0 Å². The summed E-state index contributed by atoms with van der Waals surface area (Å²) in [6.07, 6.45) is 2.35. The lowest BCUT2D eigenvalue weighted by Gasteiger charge is -2.33. The first-order valence-electron chi connectivity index (χ1n) is 10.1. The van der Waals surface area contributed by atoms with Gasteiger partial charge in [-0.15, -0.1) is 11.8 Å². The molecule has 2 aromatic rings. The van der Waals surface area contributed by atoms with E-state index in [0.717, 1.165) is 61.6 Å². The third-order valence-corrected chi connectivity index (χ3v) is 6.73. The number of rotatable bonds is 5. The number of hydrogen-bond donors (Lipinski definition) is 1. The predicted molar refractivity (Wildman–Crippen MR) is 114 cm³/mol. The van der Waals surface area contributed by atoms with Gasteiger partial charge in [0.05, 0.1) is 0 Å². The summed E-state index contributed by atoms with van der Waals surface area (Å²) >= 11 is 1.88. The summed E-state index contributed by atoms with van der Waals surface area (Å²) in [5.41, 5.74) is 1.94. The molecule has 1 saturated heterocycles. The Kier molecular flexibility index (Phi) is 6.23. The number of piperidine rings is 1. The molecule has 1 N–H and O–H groups in total. The molecule has 0 bridgehead atoms. The highest BCUT2D eigenvalue weighted by atomic mass is 32.2. The third-order valence-electron chi connectivity index (χ3n) is 5.54. The van der Waals surface area contributed by atoms with Crippen molar-refractivity contribution in [1.29, 1.82) is 0 Å². The molecule has 2 aliphatic rings. The zero-order valence-electron chi connectivity index (χ0n) is 16.4. The normalized spacial score (nSPS) is 19.8. The van der Waals surface area contributed by atoms with E-state index in [4.69, 9.17) is 4.74 Å². The van der Waals surface area contributed by atoms with Gasteiger partial charge in [-0.25, -0.2) is 0 Å². The maximum absolute atomic E-state index is 12.7. The molecule has 1 amide bonds. The van der Waals surface area contributed by atoms with Crippen molar-refractivity contribution in [2.24, 2.45) is 5.92 Å². The third kappa shape index (κ3) is 4.70. The number of amides is 1. The van der Waals surface area contributed by atoms with Crippen LogP contribution in [-0.2, 0) is 0 Å². The van der Waals surface area contributed by atoms with Crippen LogP contribution in [0.3, 0.4) is 0 Å². The van der Waals surface area contributed by atoms with Crippen molar-refractivity contribution in [2.75, 3.05) is 31.9 Å². The molecule has 5 heteroatoms. The van der Waals surface area contributed by atoms with Crippen LogP contribution >= 0.6 is 11.8 Å². The van der Waals surface area contributed by atoms with Crippen LogP contribution in [0.15, 0.2) is 53.4 Å². The van der Waals surface area contributed by atoms with Crippen LogP contribution < -0.4 is 10.1 Å². The number of thioether (sulfide) groups is 1. The number of nitrogens with zero attached hydrogens (tertiary/aromatic N) is 1. The molecule has 2 heterocycles. The monoisotopic (exact) mass is 396 g/mol. The largest absolute Gasteiger partial charge is 0.487 e. The average molecular weight is 397 g/mol. The molecule has 4 rings (SSSR count). The number of ether oxygens (including phenoxy) is 1. The first-order chi connectivity index (χ1) is 13.7. The van der Waals surface area contributed by atoms with Gasteiger partial charge in [0, 0.05) is 35.8 Å². The molecule has 1 atom stereocenters. The van der Waals surface area contributed by atoms with E-state index in [0.29, 0.717) is 5.92 Å². The Balaban J connectivity index is 1.19. The van der Waals surface area contributed by atoms with Gasteiger partial charge in [0.15, 0.2) is 0 Å². The Hall–Kier alpha value is -1.98. The molecule has 0 spiro atoms. The molecule has 0 radical (unpaired) electrons. The number of benzene rings is 2. The lowest BCUT2D eigenvalue weighted by atomic mass is 9.96. The quantitative estimate of drug-likeness (QED) is 0.830. The molecule has 1 fully saturated rings. The first kappa shape index (κ1) is 19.3. The summed E-state index contributed by atoms with van der Waals surface area (Å²) < 4.78 is 6.09. The van der Waals surface area contributed by atoms with Crippen molar-refractivity contribution in [2.45, 2.75) is 30.8 Å². The number of carbonyl (C=O) groups excluding carboxylic acids is 1. The van der Waals surface area contributed by atoms with Crippen molar-refractivity contribution in [3.63, 3.8) is 0 Å². The fraction of sp³-hybridized carbons (Fsp3) is 0.435. The highest BCUT2D eigenvalue weighted by Crippen LogP contribution is 2.34. The number of fused-ring (bicyclic) bond motifs is 1. The number of likely N-dealkylation sites (tertiary alicyclic amines) is 1. The van der Waals surface area contributed by atoms with Crippen LogP contribution in [0.25, 0.3) is 0 Å². The van der Waals surface area contributed by atoms with Gasteiger partial charge in [-0.05, 0) is 56.5 Å². The molecule has 4 nitrogen and oxygen atoms in total. The Labute approximate surface area is 171 Å². The SMILES string of the molecule is Cc1cccc(C(=O)N2CCC(CNCC3CSc4ccccc4O3)CC2)c1. The summed E-state index contributed by atoms with van der Waals surface area (Å²) in [6.45, 7) is 5.61. The number of nitrogens with one attached hydrogen (secondary N) is 1. The van der Waals surface area contributed by atoms with Crippen molar-refractivity contribution in [3.05, 3.63) is 59.7 Å². The second-order valence-corrected chi connectivity index (χ2v) is 8.82. The Morgan fingerprint density at radius 2 is 1.96 bits per heavy atom. The number of carbonyl (C=O) groups is 1. The topological polar surface area (TPSA) is 41.6 Å². The minimum absolute atomic E-state index is 0.168. The number of para-hydroxylation sites is 1. The summed E-state index contributed by atoms with van der Waals surface area (Å²) in [6, 6.07) is 16.2. The fourth-order valence-electron chi connectivity index (χ4n) is 3.91. The summed E-state index contributed by atoms with van der Waals surface area (Å²) in [7, 11) is 0. The maximum atomic E-state index is 12.7. The van der Waals surface area contributed by atoms with Gasteiger partial charge in [-0.1, -0.05) is 29.8 Å². The van der Waals surface area contributed by atoms with E-state index in [1.807, 2.05) is 53.9 Å². The van der Waals surface area contributed by atoms with Crippen LogP contribution in [0.2, 0.25) is 0 Å². The van der Waals surface area contributed by atoms with Gasteiger partial charge in [-0.3, -0.25) is 4.79 Å². The van der Waals surface area contributed by atoms with E-state index in [1.54, 1.807) is 0 Å². The molecule has 148 valence electrons. The van der Waals surface area contributed by atoms with Gasteiger partial charge in [0.1, 0.15) is 11.9 Å². The van der Waals surface area contributed by atoms with E-state index < -0.39 is 0 Å². The van der Waals surface area contributed by atoms with Gasteiger partial charge >= 0.3 is 0 Å². The van der Waals surface area contributed by atoms with Crippen molar-refractivity contribution >= 4 is 17.7 Å². The predicted octanol–water partition coefficient (Wildman–Crippen LogP) is 3.99. The lowest BCUT2D eigenvalue weighted by Crippen LogP contribution is -2.42. The molecule has 2 aliphatic heterocycles. The van der Waals surface area contributed by atoms with E-state index in [1.165, 1.54) is 4.90 Å². The Bertz CT molecular complexity index is 818. The molecule has 0 saturated carbocycles. The van der Waals surface area contributed by atoms with Crippen molar-refractivity contribution < 1.29 is 9.53 Å². The second-order valence-electron chi connectivity index (χ2n) is 7.76. The van der Waals surface area contributed by atoms with Crippen LogP contribution in [0.4, 0.5) is 0 Å².